The molecule has 0 saturated carbocycles. The van der Waals surface area contributed by atoms with Gasteiger partial charge in [-0.25, -0.2) is 0 Å². The lowest BCUT2D eigenvalue weighted by molar-refractivity contribution is -0.128. The first-order valence-electron chi connectivity index (χ1n) is 4.83. The second kappa shape index (κ2) is 3.05. The predicted octanol–water partition coefficient (Wildman–Crippen LogP) is 0.217. The number of amides is 1. The Morgan fingerprint density at radius 2 is 2.50 bits per heavy atom. The van der Waals surface area contributed by atoms with E-state index in [1.165, 1.54) is 0 Å². The maximum atomic E-state index is 11.5. The molecule has 0 radical (unpaired) electrons. The Kier molecular flexibility index (Phi) is 2.05. The van der Waals surface area contributed by atoms with Gasteiger partial charge in [-0.3, -0.25) is 4.79 Å². The van der Waals surface area contributed by atoms with Crippen LogP contribution in [-0.4, -0.2) is 36.5 Å². The minimum Gasteiger partial charge on any atom is -0.340 e. The van der Waals surface area contributed by atoms with Crippen LogP contribution in [0.1, 0.15) is 19.8 Å². The van der Waals surface area contributed by atoms with E-state index in [1.807, 2.05) is 4.90 Å². The van der Waals surface area contributed by atoms with Crippen LogP contribution < -0.4 is 5.32 Å². The van der Waals surface area contributed by atoms with Crippen LogP contribution in [-0.2, 0) is 4.79 Å². The molecular weight excluding hydrogens is 152 g/mol. The van der Waals surface area contributed by atoms with Crippen molar-refractivity contribution < 1.29 is 4.79 Å². The molecule has 0 aromatic heterocycles. The normalized spacial score (nSPS) is 35.4. The average Bonchev–Trinajstić information content (AvgIpc) is 2.40. The van der Waals surface area contributed by atoms with E-state index in [2.05, 4.69) is 12.2 Å². The van der Waals surface area contributed by atoms with Crippen molar-refractivity contribution in [2.75, 3.05) is 19.6 Å². The number of nitrogens with one attached hydrogen (secondary N) is 1. The van der Waals surface area contributed by atoms with E-state index in [-0.39, 0.29) is 0 Å². The Labute approximate surface area is 73.1 Å². The molecule has 3 heteroatoms. The van der Waals surface area contributed by atoms with Crippen molar-refractivity contribution >= 4 is 5.91 Å². The standard InChI is InChI=1S/C9H16N2O/c1-2-11-8-3-4-10-6-7(8)5-9(11)12/h7-8,10H,2-6H2,1H3. The number of nitrogens with zero attached hydrogens (tertiary/aromatic N) is 1. The van der Waals surface area contributed by atoms with Crippen LogP contribution in [0.2, 0.25) is 0 Å². The molecule has 68 valence electrons. The predicted molar refractivity (Wildman–Crippen MR) is 46.8 cm³/mol. The van der Waals surface area contributed by atoms with Crippen molar-refractivity contribution in [3.63, 3.8) is 0 Å². The quantitative estimate of drug-likeness (QED) is 0.607. The third-order valence-electron chi connectivity index (χ3n) is 3.07. The van der Waals surface area contributed by atoms with Crippen molar-refractivity contribution in [2.24, 2.45) is 5.92 Å². The zero-order valence-electron chi connectivity index (χ0n) is 7.55. The number of carbonyl (C=O) groups excluding carboxylic acids is 1. The van der Waals surface area contributed by atoms with E-state index in [1.54, 1.807) is 0 Å². The van der Waals surface area contributed by atoms with Gasteiger partial charge in [-0.15, -0.1) is 0 Å². The van der Waals surface area contributed by atoms with Crippen molar-refractivity contribution in [1.82, 2.24) is 10.2 Å². The van der Waals surface area contributed by atoms with Crippen LogP contribution in [0.25, 0.3) is 0 Å². The first kappa shape index (κ1) is 8.05. The molecule has 2 unspecified atom stereocenters. The van der Waals surface area contributed by atoms with Crippen LogP contribution in [0.4, 0.5) is 0 Å². The Balaban J connectivity index is 2.10. The molecule has 1 amide bonds. The number of hydrogen-bond acceptors (Lipinski definition) is 2. The van der Waals surface area contributed by atoms with E-state index in [0.29, 0.717) is 17.9 Å². The zero-order chi connectivity index (χ0) is 8.55. The molecular formula is C9H16N2O. The van der Waals surface area contributed by atoms with Crippen molar-refractivity contribution in [2.45, 2.75) is 25.8 Å². The zero-order valence-corrected chi connectivity index (χ0v) is 7.55. The lowest BCUT2D eigenvalue weighted by Gasteiger charge is -2.31. The van der Waals surface area contributed by atoms with Crippen molar-refractivity contribution in [3.8, 4) is 0 Å². The molecule has 2 heterocycles. The summed E-state index contributed by atoms with van der Waals surface area (Å²) in [5.74, 6) is 0.947. The second-order valence-electron chi connectivity index (χ2n) is 3.70. The molecule has 3 nitrogen and oxygen atoms in total. The molecule has 2 fully saturated rings. The number of likely N-dealkylation sites (tertiary alicyclic amines) is 1. The molecule has 12 heavy (non-hydrogen) atoms. The molecule has 0 aromatic carbocycles. The molecule has 1 N–H and O–H groups in total. The monoisotopic (exact) mass is 168 g/mol. The summed E-state index contributed by atoms with van der Waals surface area (Å²) in [6, 6.07) is 0.545. The van der Waals surface area contributed by atoms with Gasteiger partial charge in [0, 0.05) is 31.5 Å². The molecule has 2 aliphatic heterocycles. The highest BCUT2D eigenvalue weighted by molar-refractivity contribution is 5.79. The van der Waals surface area contributed by atoms with E-state index < -0.39 is 0 Å². The third kappa shape index (κ3) is 1.12. The smallest absolute Gasteiger partial charge is 0.223 e. The van der Waals surface area contributed by atoms with Crippen LogP contribution in [0, 0.1) is 5.92 Å². The fourth-order valence-corrected chi connectivity index (χ4v) is 2.47. The van der Waals surface area contributed by atoms with Gasteiger partial charge in [-0.1, -0.05) is 0 Å². The lowest BCUT2D eigenvalue weighted by atomic mass is 9.94. The van der Waals surface area contributed by atoms with Gasteiger partial charge in [0.05, 0.1) is 0 Å². The number of rotatable bonds is 1. The summed E-state index contributed by atoms with van der Waals surface area (Å²) in [6.07, 6.45) is 1.91. The number of hydrogen-bond donors (Lipinski definition) is 1. The first-order chi connectivity index (χ1) is 5.83. The third-order valence-corrected chi connectivity index (χ3v) is 3.07. The number of piperidine rings is 1. The first-order valence-corrected chi connectivity index (χ1v) is 4.83. The summed E-state index contributed by atoms with van der Waals surface area (Å²) in [5, 5.41) is 3.34. The van der Waals surface area contributed by atoms with Gasteiger partial charge < -0.3 is 10.2 Å². The highest BCUT2D eigenvalue weighted by Gasteiger charge is 2.39. The summed E-state index contributed by atoms with van der Waals surface area (Å²) < 4.78 is 0. The topological polar surface area (TPSA) is 32.3 Å². The largest absolute Gasteiger partial charge is 0.340 e. The summed E-state index contributed by atoms with van der Waals surface area (Å²) >= 11 is 0. The van der Waals surface area contributed by atoms with E-state index in [4.69, 9.17) is 0 Å². The Hall–Kier alpha value is -0.570. The van der Waals surface area contributed by atoms with Crippen LogP contribution in [0.15, 0.2) is 0 Å². The van der Waals surface area contributed by atoms with Gasteiger partial charge in [-0.05, 0) is 19.9 Å². The molecule has 0 bridgehead atoms. The van der Waals surface area contributed by atoms with Gasteiger partial charge in [0.1, 0.15) is 0 Å². The van der Waals surface area contributed by atoms with Crippen LogP contribution in [0.3, 0.4) is 0 Å². The minimum absolute atomic E-state index is 0.358. The van der Waals surface area contributed by atoms with Crippen LogP contribution in [0.5, 0.6) is 0 Å². The highest BCUT2D eigenvalue weighted by atomic mass is 16.2. The maximum absolute atomic E-state index is 11.5. The second-order valence-corrected chi connectivity index (χ2v) is 3.70. The summed E-state index contributed by atoms with van der Waals surface area (Å²) in [6.45, 7) is 5.07. The van der Waals surface area contributed by atoms with Crippen molar-refractivity contribution in [3.05, 3.63) is 0 Å². The summed E-state index contributed by atoms with van der Waals surface area (Å²) in [7, 11) is 0. The molecule has 0 aromatic rings. The van der Waals surface area contributed by atoms with Gasteiger partial charge in [0.25, 0.3) is 0 Å². The lowest BCUT2D eigenvalue weighted by Crippen LogP contribution is -2.44. The molecule has 2 rings (SSSR count). The molecule has 2 saturated heterocycles. The SMILES string of the molecule is CCN1C(=O)CC2CNCCC21. The summed E-state index contributed by atoms with van der Waals surface area (Å²) in [5.41, 5.74) is 0. The van der Waals surface area contributed by atoms with E-state index in [9.17, 15) is 4.79 Å². The van der Waals surface area contributed by atoms with Gasteiger partial charge in [0.2, 0.25) is 5.91 Å². The molecule has 0 spiro atoms. The fourth-order valence-electron chi connectivity index (χ4n) is 2.47. The maximum Gasteiger partial charge on any atom is 0.223 e. The van der Waals surface area contributed by atoms with Crippen LogP contribution >= 0.6 is 0 Å². The van der Waals surface area contributed by atoms with E-state index >= 15 is 0 Å². The van der Waals surface area contributed by atoms with Crippen molar-refractivity contribution in [1.29, 1.82) is 0 Å². The van der Waals surface area contributed by atoms with E-state index in [0.717, 1.165) is 32.5 Å². The Morgan fingerprint density at radius 1 is 1.67 bits per heavy atom. The Bertz CT molecular complexity index is 193. The fraction of sp³-hybridized carbons (Fsp3) is 0.889. The molecule has 2 aliphatic rings. The average molecular weight is 168 g/mol. The van der Waals surface area contributed by atoms with Gasteiger partial charge in [0.15, 0.2) is 0 Å². The highest BCUT2D eigenvalue weighted by Crippen LogP contribution is 2.28. The number of fused-ring (bicyclic) bond motifs is 1. The van der Waals surface area contributed by atoms with Gasteiger partial charge in [-0.2, -0.15) is 0 Å². The van der Waals surface area contributed by atoms with Gasteiger partial charge >= 0.3 is 0 Å². The molecule has 0 aliphatic carbocycles. The number of carbonyl (C=O) groups is 1. The molecule has 2 atom stereocenters. The summed E-state index contributed by atoms with van der Waals surface area (Å²) in [4.78, 5) is 13.5. The minimum atomic E-state index is 0.358. The Morgan fingerprint density at radius 3 is 3.25 bits per heavy atom.